The molecule has 0 saturated carbocycles. The number of hydrogen-bond acceptors (Lipinski definition) is 9. The van der Waals surface area contributed by atoms with Gasteiger partial charge in [0.25, 0.3) is 5.56 Å². The van der Waals surface area contributed by atoms with Crippen molar-refractivity contribution < 1.29 is 24.1 Å². The number of aromatic amines is 1. The van der Waals surface area contributed by atoms with Gasteiger partial charge in [-0.15, -0.1) is 11.3 Å². The normalized spacial score (nSPS) is 12.6. The van der Waals surface area contributed by atoms with Gasteiger partial charge in [-0.2, -0.15) is 0 Å². The van der Waals surface area contributed by atoms with Crippen molar-refractivity contribution in [3.05, 3.63) is 26.6 Å². The number of aliphatic hydroxyl groups excluding tert-OH is 1. The first-order valence-electron chi connectivity index (χ1n) is 9.48. The first-order chi connectivity index (χ1) is 13.9. The van der Waals surface area contributed by atoms with Gasteiger partial charge in [0.2, 0.25) is 0 Å². The summed E-state index contributed by atoms with van der Waals surface area (Å²) < 4.78 is 15.2. The summed E-state index contributed by atoms with van der Waals surface area (Å²) in [7, 11) is 3.17. The van der Waals surface area contributed by atoms with E-state index in [0.29, 0.717) is 52.7 Å². The molecule has 2 aromatic rings. The fourth-order valence-electron chi connectivity index (χ4n) is 3.08. The molecule has 2 N–H and O–H groups in total. The van der Waals surface area contributed by atoms with E-state index in [1.165, 1.54) is 7.11 Å². The highest BCUT2D eigenvalue weighted by molar-refractivity contribution is 7.20. The molecule has 0 aliphatic carbocycles. The minimum atomic E-state index is -0.655. The largest absolute Gasteiger partial charge is 0.462 e. The highest BCUT2D eigenvalue weighted by atomic mass is 32.1. The first-order valence-corrected chi connectivity index (χ1v) is 10.3. The van der Waals surface area contributed by atoms with Crippen LogP contribution < -0.4 is 5.56 Å². The Bertz CT molecular complexity index is 865. The van der Waals surface area contributed by atoms with Crippen LogP contribution >= 0.6 is 11.3 Å². The molecule has 9 nitrogen and oxygen atoms in total. The maximum Gasteiger partial charge on any atom is 0.348 e. The van der Waals surface area contributed by atoms with E-state index >= 15 is 0 Å². The summed E-state index contributed by atoms with van der Waals surface area (Å²) in [6.07, 6.45) is 0.116. The van der Waals surface area contributed by atoms with Gasteiger partial charge in [0.1, 0.15) is 15.5 Å². The SMILES string of the molecule is CCOC(=O)c1sc2nc(CN(CCCOC)CC(O)COC)[nH]c(=O)c2c1C. The third-order valence-corrected chi connectivity index (χ3v) is 5.50. The number of nitrogens with zero attached hydrogens (tertiary/aromatic N) is 2. The second-order valence-corrected chi connectivity index (χ2v) is 7.66. The number of esters is 1. The summed E-state index contributed by atoms with van der Waals surface area (Å²) in [6.45, 7) is 5.91. The number of carbonyl (C=O) groups is 1. The molecule has 0 saturated heterocycles. The van der Waals surface area contributed by atoms with Crippen LogP contribution in [0.3, 0.4) is 0 Å². The van der Waals surface area contributed by atoms with Gasteiger partial charge in [-0.3, -0.25) is 9.69 Å². The van der Waals surface area contributed by atoms with Crippen LogP contribution in [0.2, 0.25) is 0 Å². The van der Waals surface area contributed by atoms with Crippen molar-refractivity contribution >= 4 is 27.5 Å². The van der Waals surface area contributed by atoms with E-state index in [1.807, 2.05) is 4.90 Å². The zero-order chi connectivity index (χ0) is 21.4. The van der Waals surface area contributed by atoms with Gasteiger partial charge in [0.15, 0.2) is 0 Å². The lowest BCUT2D eigenvalue weighted by molar-refractivity contribution is 0.0331. The number of fused-ring (bicyclic) bond motifs is 1. The van der Waals surface area contributed by atoms with Gasteiger partial charge in [0.05, 0.1) is 31.2 Å². The topological polar surface area (TPSA) is 114 Å². The van der Waals surface area contributed by atoms with Gasteiger partial charge < -0.3 is 24.3 Å². The lowest BCUT2D eigenvalue weighted by Gasteiger charge is -2.24. The average molecular weight is 428 g/mol. The molecule has 10 heteroatoms. The Morgan fingerprint density at radius 3 is 2.76 bits per heavy atom. The fraction of sp³-hybridized carbons (Fsp3) is 0.632. The van der Waals surface area contributed by atoms with Crippen LogP contribution in [0.1, 0.15) is 34.4 Å². The Morgan fingerprint density at radius 2 is 2.10 bits per heavy atom. The molecule has 0 aliphatic rings. The molecule has 1 atom stereocenters. The molecule has 0 aliphatic heterocycles. The number of hydrogen-bond donors (Lipinski definition) is 2. The van der Waals surface area contributed by atoms with Crippen LogP contribution in [0.25, 0.3) is 10.2 Å². The van der Waals surface area contributed by atoms with Gasteiger partial charge >= 0.3 is 5.97 Å². The van der Waals surface area contributed by atoms with Crippen molar-refractivity contribution in [1.29, 1.82) is 0 Å². The first kappa shape index (κ1) is 23.4. The second-order valence-electron chi connectivity index (χ2n) is 6.66. The Hall–Kier alpha value is -1.85. The number of thiophene rings is 1. The molecular weight excluding hydrogens is 398 g/mol. The van der Waals surface area contributed by atoms with Gasteiger partial charge in [-0.1, -0.05) is 0 Å². The van der Waals surface area contributed by atoms with Crippen LogP contribution in [-0.4, -0.2) is 79.2 Å². The summed E-state index contributed by atoms with van der Waals surface area (Å²) in [5, 5.41) is 10.5. The van der Waals surface area contributed by atoms with E-state index in [-0.39, 0.29) is 18.8 Å². The second kappa shape index (κ2) is 11.4. The smallest absolute Gasteiger partial charge is 0.348 e. The van der Waals surface area contributed by atoms with E-state index in [2.05, 4.69) is 9.97 Å². The molecule has 162 valence electrons. The number of aliphatic hydroxyl groups is 1. The Morgan fingerprint density at radius 1 is 1.34 bits per heavy atom. The number of carbonyl (C=O) groups excluding carboxylic acids is 1. The number of rotatable bonds is 12. The van der Waals surface area contributed by atoms with E-state index in [0.717, 1.165) is 17.8 Å². The van der Waals surface area contributed by atoms with Crippen LogP contribution in [0, 0.1) is 6.92 Å². The molecule has 2 aromatic heterocycles. The Kier molecular flexibility index (Phi) is 9.18. The van der Waals surface area contributed by atoms with Crippen molar-refractivity contribution in [3.63, 3.8) is 0 Å². The zero-order valence-corrected chi connectivity index (χ0v) is 18.1. The van der Waals surface area contributed by atoms with Crippen molar-refractivity contribution in [2.75, 3.05) is 47.1 Å². The van der Waals surface area contributed by atoms with Crippen LogP contribution in [0.5, 0.6) is 0 Å². The minimum Gasteiger partial charge on any atom is -0.462 e. The van der Waals surface area contributed by atoms with Crippen LogP contribution in [0.15, 0.2) is 4.79 Å². The quantitative estimate of drug-likeness (QED) is 0.385. The molecule has 0 amide bonds. The number of nitrogens with one attached hydrogen (secondary N) is 1. The molecule has 29 heavy (non-hydrogen) atoms. The third kappa shape index (κ3) is 6.31. The molecule has 0 bridgehead atoms. The highest BCUT2D eigenvalue weighted by Crippen LogP contribution is 2.27. The van der Waals surface area contributed by atoms with Gasteiger partial charge in [-0.05, 0) is 25.8 Å². The fourth-order valence-corrected chi connectivity index (χ4v) is 4.17. The summed E-state index contributed by atoms with van der Waals surface area (Å²) in [6, 6.07) is 0. The van der Waals surface area contributed by atoms with Gasteiger partial charge in [0, 0.05) is 33.9 Å². The third-order valence-electron chi connectivity index (χ3n) is 4.33. The lowest BCUT2D eigenvalue weighted by atomic mass is 10.2. The molecule has 0 spiro atoms. The molecule has 0 aromatic carbocycles. The summed E-state index contributed by atoms with van der Waals surface area (Å²) in [5.74, 6) is 0.0269. The number of H-pyrrole nitrogens is 1. The molecule has 1 unspecified atom stereocenters. The number of ether oxygens (including phenoxy) is 3. The predicted molar refractivity (Wildman–Crippen MR) is 111 cm³/mol. The zero-order valence-electron chi connectivity index (χ0n) is 17.3. The number of aryl methyl sites for hydroxylation is 1. The lowest BCUT2D eigenvalue weighted by Crippen LogP contribution is -2.36. The van der Waals surface area contributed by atoms with Crippen molar-refractivity contribution in [2.45, 2.75) is 32.9 Å². The molecule has 2 rings (SSSR count). The van der Waals surface area contributed by atoms with Crippen molar-refractivity contribution in [2.24, 2.45) is 0 Å². The van der Waals surface area contributed by atoms with Gasteiger partial charge in [-0.25, -0.2) is 9.78 Å². The van der Waals surface area contributed by atoms with E-state index in [9.17, 15) is 14.7 Å². The van der Waals surface area contributed by atoms with Crippen molar-refractivity contribution in [3.8, 4) is 0 Å². The maximum absolute atomic E-state index is 12.6. The molecular formula is C19H29N3O6S. The summed E-state index contributed by atoms with van der Waals surface area (Å²) >= 11 is 1.16. The predicted octanol–water partition coefficient (Wildman–Crippen LogP) is 1.32. The summed E-state index contributed by atoms with van der Waals surface area (Å²) in [5.41, 5.74) is 0.291. The monoisotopic (exact) mass is 427 g/mol. The molecule has 0 fully saturated rings. The Balaban J connectivity index is 2.27. The minimum absolute atomic E-state index is 0.219. The Labute approximate surface area is 173 Å². The van der Waals surface area contributed by atoms with E-state index in [4.69, 9.17) is 14.2 Å². The molecule has 2 heterocycles. The number of aromatic nitrogens is 2. The van der Waals surface area contributed by atoms with Crippen molar-refractivity contribution in [1.82, 2.24) is 14.9 Å². The van der Waals surface area contributed by atoms with Crippen LogP contribution in [0.4, 0.5) is 0 Å². The average Bonchev–Trinajstić information content (AvgIpc) is 2.99. The number of methoxy groups -OCH3 is 2. The summed E-state index contributed by atoms with van der Waals surface area (Å²) in [4.78, 5) is 35.0. The maximum atomic E-state index is 12.6. The molecule has 0 radical (unpaired) electrons. The van der Waals surface area contributed by atoms with Crippen LogP contribution in [-0.2, 0) is 20.8 Å². The van der Waals surface area contributed by atoms with E-state index in [1.54, 1.807) is 21.0 Å². The van der Waals surface area contributed by atoms with E-state index < -0.39 is 12.1 Å². The highest BCUT2D eigenvalue weighted by Gasteiger charge is 2.21. The standard InChI is InChI=1S/C19H29N3O6S/c1-5-28-19(25)16-12(2)15-17(24)20-14(21-18(15)29-16)10-22(7-6-8-26-3)9-13(23)11-27-4/h13,23H,5-11H2,1-4H3,(H,20,21,24).